The van der Waals surface area contributed by atoms with E-state index < -0.39 is 6.43 Å². The summed E-state index contributed by atoms with van der Waals surface area (Å²) in [7, 11) is 0. The first kappa shape index (κ1) is 10.4. The van der Waals surface area contributed by atoms with E-state index in [0.717, 1.165) is 0 Å². The van der Waals surface area contributed by atoms with Crippen molar-refractivity contribution in [2.45, 2.75) is 6.43 Å². The van der Waals surface area contributed by atoms with Gasteiger partial charge in [-0.15, -0.1) is 0 Å². The monoisotopic (exact) mass is 197 g/mol. The minimum atomic E-state index is -2.34. The summed E-state index contributed by atoms with van der Waals surface area (Å²) in [5.74, 6) is 0. The van der Waals surface area contributed by atoms with Crippen molar-refractivity contribution in [3.05, 3.63) is 54.7 Å². The van der Waals surface area contributed by atoms with Crippen molar-refractivity contribution >= 4 is 0 Å². The second kappa shape index (κ2) is 5.85. The van der Waals surface area contributed by atoms with Crippen LogP contribution in [0.5, 0.6) is 0 Å². The van der Waals surface area contributed by atoms with Gasteiger partial charge >= 0.3 is 0 Å². The predicted octanol–water partition coefficient (Wildman–Crippen LogP) is 3.30. The number of benzene rings is 1. The van der Waals surface area contributed by atoms with Gasteiger partial charge in [-0.3, -0.25) is 0 Å². The Morgan fingerprint density at radius 2 is 1.86 bits per heavy atom. The Morgan fingerprint density at radius 3 is 2.14 bits per heavy atom. The molecule has 14 heavy (non-hydrogen) atoms. The first-order chi connectivity index (χ1) is 6.80. The van der Waals surface area contributed by atoms with Crippen LogP contribution < -0.4 is 0 Å². The molecule has 0 aliphatic heterocycles. The Balaban J connectivity index is 0.000000165. The minimum absolute atomic E-state index is 0.0810. The van der Waals surface area contributed by atoms with Crippen LogP contribution in [0.4, 0.5) is 8.78 Å². The van der Waals surface area contributed by atoms with Gasteiger partial charge < -0.3 is 4.42 Å². The molecule has 0 bridgehead atoms. The zero-order valence-electron chi connectivity index (χ0n) is 7.31. The third kappa shape index (κ3) is 3.80. The van der Waals surface area contributed by atoms with Gasteiger partial charge in [-0.1, -0.05) is 30.3 Å². The lowest BCUT2D eigenvalue weighted by Crippen LogP contribution is -1.79. The van der Waals surface area contributed by atoms with Crippen LogP contribution in [-0.2, 0) is 0 Å². The Hall–Kier alpha value is -1.71. The fraction of sp³-hybridized carbons (Fsp3) is 0.100. The molecular weight excluding hydrogens is 188 g/mol. The van der Waals surface area contributed by atoms with Crippen LogP contribution in [0.25, 0.3) is 0 Å². The molecule has 2 rings (SSSR count). The second-order valence-electron chi connectivity index (χ2n) is 2.39. The van der Waals surface area contributed by atoms with Gasteiger partial charge in [0.2, 0.25) is 0 Å². The number of hydrogen-bond acceptors (Lipinski definition) is 2. The van der Waals surface area contributed by atoms with E-state index in [2.05, 4.69) is 9.40 Å². The first-order valence-corrected chi connectivity index (χ1v) is 3.96. The molecule has 0 atom stereocenters. The van der Waals surface area contributed by atoms with E-state index in [1.807, 2.05) is 0 Å². The molecule has 2 nitrogen and oxygen atoms in total. The summed E-state index contributed by atoms with van der Waals surface area (Å²) in [5.41, 5.74) is 0.0810. The number of hydrogen-bond donors (Lipinski definition) is 0. The van der Waals surface area contributed by atoms with E-state index in [9.17, 15) is 8.78 Å². The van der Waals surface area contributed by atoms with Crippen molar-refractivity contribution in [3.63, 3.8) is 0 Å². The fourth-order valence-electron chi connectivity index (χ4n) is 0.774. The molecule has 1 heterocycles. The summed E-state index contributed by atoms with van der Waals surface area (Å²) in [6, 6.07) is 7.73. The van der Waals surface area contributed by atoms with E-state index in [1.165, 1.54) is 24.8 Å². The lowest BCUT2D eigenvalue weighted by molar-refractivity contribution is 0.151. The van der Waals surface area contributed by atoms with Crippen LogP contribution in [0.2, 0.25) is 0 Å². The largest absolute Gasteiger partial charge is 0.452 e. The van der Waals surface area contributed by atoms with Gasteiger partial charge in [0, 0.05) is 5.56 Å². The van der Waals surface area contributed by atoms with Crippen molar-refractivity contribution in [3.8, 4) is 0 Å². The Kier molecular flexibility index (Phi) is 4.34. The van der Waals surface area contributed by atoms with E-state index in [4.69, 9.17) is 0 Å². The van der Waals surface area contributed by atoms with Crippen LogP contribution in [0.3, 0.4) is 0 Å². The Morgan fingerprint density at radius 1 is 1.14 bits per heavy atom. The average Bonchev–Trinajstić information content (AvgIpc) is 2.77. The van der Waals surface area contributed by atoms with Gasteiger partial charge in [-0.05, 0) is 0 Å². The summed E-state index contributed by atoms with van der Waals surface area (Å²) in [6.45, 7) is 0. The zero-order chi connectivity index (χ0) is 10.2. The Bertz CT molecular complexity index is 304. The maximum Gasteiger partial charge on any atom is 0.263 e. The highest BCUT2D eigenvalue weighted by atomic mass is 19.3. The number of aromatic nitrogens is 1. The van der Waals surface area contributed by atoms with Crippen LogP contribution >= 0.6 is 0 Å². The Labute approximate surface area is 80.2 Å². The lowest BCUT2D eigenvalue weighted by Gasteiger charge is -1.94. The van der Waals surface area contributed by atoms with Gasteiger partial charge in [-0.25, -0.2) is 13.8 Å². The highest BCUT2D eigenvalue weighted by molar-refractivity contribution is 5.15. The van der Waals surface area contributed by atoms with Gasteiger partial charge in [-0.2, -0.15) is 0 Å². The van der Waals surface area contributed by atoms with Gasteiger partial charge in [0.05, 0.1) is 6.20 Å². The van der Waals surface area contributed by atoms with Crippen molar-refractivity contribution in [2.24, 2.45) is 0 Å². The van der Waals surface area contributed by atoms with Crippen LogP contribution in [0.1, 0.15) is 12.0 Å². The fourth-order valence-corrected chi connectivity index (χ4v) is 0.774. The quantitative estimate of drug-likeness (QED) is 0.701. The molecule has 0 aliphatic carbocycles. The standard InChI is InChI=1S/C7H6F2.C3H3NO/c8-7(9)6-4-2-1-3-5-6;1-2-5-3-4-1/h1-5,7H;1-3H. The molecule has 0 N–H and O–H groups in total. The van der Waals surface area contributed by atoms with Crippen molar-refractivity contribution in [2.75, 3.05) is 0 Å². The molecule has 1 aromatic carbocycles. The number of halogens is 2. The summed E-state index contributed by atoms with van der Waals surface area (Å²) >= 11 is 0. The summed E-state index contributed by atoms with van der Waals surface area (Å²) in [6.07, 6.45) is 2.13. The van der Waals surface area contributed by atoms with Gasteiger partial charge in [0.1, 0.15) is 6.26 Å². The van der Waals surface area contributed by atoms with Crippen molar-refractivity contribution in [1.82, 2.24) is 4.98 Å². The molecule has 0 unspecified atom stereocenters. The number of oxazole rings is 1. The molecule has 1 aromatic heterocycles. The van der Waals surface area contributed by atoms with Crippen LogP contribution in [0.15, 0.2) is 53.6 Å². The highest BCUT2D eigenvalue weighted by Gasteiger charge is 2.02. The van der Waals surface area contributed by atoms with E-state index in [1.54, 1.807) is 24.4 Å². The number of nitrogens with zero attached hydrogens (tertiary/aromatic N) is 1. The van der Waals surface area contributed by atoms with Gasteiger partial charge in [0.25, 0.3) is 6.43 Å². The molecule has 0 fully saturated rings. The molecule has 0 amide bonds. The van der Waals surface area contributed by atoms with Crippen LogP contribution in [-0.4, -0.2) is 4.98 Å². The van der Waals surface area contributed by atoms with E-state index in [-0.39, 0.29) is 5.56 Å². The molecular formula is C10H9F2NO. The maximum absolute atomic E-state index is 11.8. The summed E-state index contributed by atoms with van der Waals surface area (Å²) in [5, 5.41) is 0. The summed E-state index contributed by atoms with van der Waals surface area (Å²) in [4.78, 5) is 3.56. The van der Waals surface area contributed by atoms with Crippen molar-refractivity contribution < 1.29 is 13.2 Å². The molecule has 2 aromatic rings. The smallest absolute Gasteiger partial charge is 0.263 e. The molecule has 4 heteroatoms. The topological polar surface area (TPSA) is 26.0 Å². The zero-order valence-corrected chi connectivity index (χ0v) is 7.31. The summed E-state index contributed by atoms with van der Waals surface area (Å²) < 4.78 is 28.0. The van der Waals surface area contributed by atoms with E-state index in [0.29, 0.717) is 0 Å². The molecule has 0 radical (unpaired) electrons. The molecule has 0 spiro atoms. The molecule has 74 valence electrons. The normalized spacial score (nSPS) is 9.36. The second-order valence-corrected chi connectivity index (χ2v) is 2.39. The SMILES string of the molecule is FC(F)c1ccccc1.c1cocn1. The number of alkyl halides is 2. The van der Waals surface area contributed by atoms with Crippen molar-refractivity contribution in [1.29, 1.82) is 0 Å². The van der Waals surface area contributed by atoms with E-state index >= 15 is 0 Å². The highest BCUT2D eigenvalue weighted by Crippen LogP contribution is 2.16. The third-order valence-electron chi connectivity index (χ3n) is 1.40. The lowest BCUT2D eigenvalue weighted by atomic mass is 10.2. The molecule has 0 saturated heterocycles. The first-order valence-electron chi connectivity index (χ1n) is 3.96. The maximum atomic E-state index is 11.8. The minimum Gasteiger partial charge on any atom is -0.452 e. The number of rotatable bonds is 1. The van der Waals surface area contributed by atoms with Gasteiger partial charge in [0.15, 0.2) is 6.39 Å². The predicted molar refractivity (Wildman–Crippen MR) is 47.9 cm³/mol. The van der Waals surface area contributed by atoms with Crippen LogP contribution in [0, 0.1) is 0 Å². The average molecular weight is 197 g/mol. The molecule has 0 aliphatic rings. The molecule has 0 saturated carbocycles. The third-order valence-corrected chi connectivity index (χ3v) is 1.40.